The number of amides is 4. The second-order valence-electron chi connectivity index (χ2n) is 6.55. The summed E-state index contributed by atoms with van der Waals surface area (Å²) in [6, 6.07) is 12.7. The second kappa shape index (κ2) is 8.91. The number of carbonyl (C=O) groups is 4. The summed E-state index contributed by atoms with van der Waals surface area (Å²) in [5, 5.41) is 13.7. The molecule has 0 saturated carbocycles. The molecule has 0 spiro atoms. The summed E-state index contributed by atoms with van der Waals surface area (Å²) in [6.07, 6.45) is 1.46. The number of nitrogens with one attached hydrogen (secondary N) is 2. The van der Waals surface area contributed by atoms with E-state index in [1.807, 2.05) is 19.1 Å². The molecular weight excluding hydrogens is 390 g/mol. The summed E-state index contributed by atoms with van der Waals surface area (Å²) >= 11 is 0. The lowest BCUT2D eigenvalue weighted by atomic mass is 10.2. The molecule has 2 aromatic rings. The highest BCUT2D eigenvalue weighted by Gasteiger charge is 2.34. The van der Waals surface area contributed by atoms with E-state index in [1.165, 1.54) is 6.08 Å². The van der Waals surface area contributed by atoms with Gasteiger partial charge in [0.25, 0.3) is 5.91 Å². The van der Waals surface area contributed by atoms with Crippen molar-refractivity contribution in [1.29, 1.82) is 0 Å². The molecule has 0 bridgehead atoms. The van der Waals surface area contributed by atoms with Crippen LogP contribution in [0.15, 0.2) is 54.2 Å². The first-order valence-electron chi connectivity index (χ1n) is 8.97. The predicted molar refractivity (Wildman–Crippen MR) is 108 cm³/mol. The van der Waals surface area contributed by atoms with Crippen LogP contribution in [0.4, 0.5) is 10.5 Å². The lowest BCUT2D eigenvalue weighted by Crippen LogP contribution is -2.38. The number of hydrogen-bond acceptors (Lipinski definition) is 5. The standard InChI is InChI=1S/C21H19N3O6/c1-13-2-6-15(7-3-13)22-18(25)11-24-20(28)17(23-21(24)29)10-14-4-8-16(9-5-14)30-12-19(26)27/h2-10H,11-12H2,1H3,(H,22,25)(H,23,29)(H,26,27)/b17-10+. The van der Waals surface area contributed by atoms with Crippen LogP contribution in [0.5, 0.6) is 5.75 Å². The van der Waals surface area contributed by atoms with Crippen molar-refractivity contribution in [1.82, 2.24) is 10.2 Å². The van der Waals surface area contributed by atoms with Crippen LogP contribution < -0.4 is 15.4 Å². The smallest absolute Gasteiger partial charge is 0.341 e. The SMILES string of the molecule is Cc1ccc(NC(=O)CN2C(=O)N/C(=C/c3ccc(OCC(=O)O)cc3)C2=O)cc1. The third-order valence-corrected chi connectivity index (χ3v) is 4.15. The molecule has 4 amide bonds. The molecule has 1 aliphatic rings. The highest BCUT2D eigenvalue weighted by Crippen LogP contribution is 2.17. The van der Waals surface area contributed by atoms with Gasteiger partial charge in [0.2, 0.25) is 5.91 Å². The van der Waals surface area contributed by atoms with E-state index < -0.39 is 37.0 Å². The van der Waals surface area contributed by atoms with Crippen molar-refractivity contribution in [2.75, 3.05) is 18.5 Å². The van der Waals surface area contributed by atoms with Gasteiger partial charge < -0.3 is 20.5 Å². The van der Waals surface area contributed by atoms with Gasteiger partial charge in [-0.25, -0.2) is 14.5 Å². The molecule has 0 aliphatic carbocycles. The van der Waals surface area contributed by atoms with Crippen molar-refractivity contribution in [2.45, 2.75) is 6.92 Å². The Morgan fingerprint density at radius 3 is 2.40 bits per heavy atom. The van der Waals surface area contributed by atoms with E-state index in [4.69, 9.17) is 9.84 Å². The summed E-state index contributed by atoms with van der Waals surface area (Å²) < 4.78 is 5.04. The second-order valence-corrected chi connectivity index (χ2v) is 6.55. The lowest BCUT2D eigenvalue weighted by molar-refractivity contribution is -0.139. The zero-order valence-electron chi connectivity index (χ0n) is 16.0. The average Bonchev–Trinajstić information content (AvgIpc) is 2.96. The van der Waals surface area contributed by atoms with Gasteiger partial charge in [-0.3, -0.25) is 9.59 Å². The number of ether oxygens (including phenoxy) is 1. The van der Waals surface area contributed by atoms with E-state index in [9.17, 15) is 19.2 Å². The number of aliphatic carboxylic acids is 1. The molecule has 0 unspecified atom stereocenters. The summed E-state index contributed by atoms with van der Waals surface area (Å²) in [5.41, 5.74) is 2.23. The molecule has 154 valence electrons. The Balaban J connectivity index is 1.62. The number of aryl methyl sites for hydroxylation is 1. The minimum absolute atomic E-state index is 0.0299. The first-order chi connectivity index (χ1) is 14.3. The monoisotopic (exact) mass is 409 g/mol. The zero-order valence-corrected chi connectivity index (χ0v) is 16.0. The van der Waals surface area contributed by atoms with Crippen LogP contribution in [-0.4, -0.2) is 47.0 Å². The molecule has 3 N–H and O–H groups in total. The van der Waals surface area contributed by atoms with Crippen LogP contribution >= 0.6 is 0 Å². The minimum atomic E-state index is -1.09. The molecule has 30 heavy (non-hydrogen) atoms. The zero-order chi connectivity index (χ0) is 21.7. The normalized spacial score (nSPS) is 14.6. The Hall–Kier alpha value is -4.14. The van der Waals surface area contributed by atoms with Crippen LogP contribution in [-0.2, 0) is 14.4 Å². The molecule has 1 saturated heterocycles. The number of urea groups is 1. The van der Waals surface area contributed by atoms with Crippen molar-refractivity contribution in [3.8, 4) is 5.75 Å². The number of carboxylic acids is 1. The van der Waals surface area contributed by atoms with Crippen LogP contribution in [0.1, 0.15) is 11.1 Å². The molecule has 9 heteroatoms. The first-order valence-corrected chi connectivity index (χ1v) is 8.97. The molecule has 1 aliphatic heterocycles. The number of imide groups is 1. The number of anilines is 1. The summed E-state index contributed by atoms with van der Waals surface area (Å²) in [7, 11) is 0. The number of carboxylic acid groups (broad SMARTS) is 1. The van der Waals surface area contributed by atoms with Crippen LogP contribution in [0.25, 0.3) is 6.08 Å². The molecule has 9 nitrogen and oxygen atoms in total. The molecule has 0 radical (unpaired) electrons. The predicted octanol–water partition coefficient (Wildman–Crippen LogP) is 1.99. The number of rotatable bonds is 7. The third-order valence-electron chi connectivity index (χ3n) is 4.15. The summed E-state index contributed by atoms with van der Waals surface area (Å²) in [5.74, 6) is -1.85. The van der Waals surface area contributed by atoms with Gasteiger partial charge in [-0.15, -0.1) is 0 Å². The highest BCUT2D eigenvalue weighted by molar-refractivity contribution is 6.15. The molecule has 0 atom stereocenters. The van der Waals surface area contributed by atoms with E-state index in [-0.39, 0.29) is 5.70 Å². The van der Waals surface area contributed by atoms with E-state index in [2.05, 4.69) is 10.6 Å². The van der Waals surface area contributed by atoms with Gasteiger partial charge in [0.1, 0.15) is 18.0 Å². The topological polar surface area (TPSA) is 125 Å². The van der Waals surface area contributed by atoms with Gasteiger partial charge in [-0.1, -0.05) is 29.8 Å². The fourth-order valence-electron chi connectivity index (χ4n) is 2.67. The van der Waals surface area contributed by atoms with Crippen molar-refractivity contribution < 1.29 is 29.0 Å². The molecule has 1 heterocycles. The summed E-state index contributed by atoms with van der Waals surface area (Å²) in [4.78, 5) is 48.1. The highest BCUT2D eigenvalue weighted by atomic mass is 16.5. The van der Waals surface area contributed by atoms with Gasteiger partial charge in [-0.2, -0.15) is 0 Å². The van der Waals surface area contributed by atoms with Gasteiger partial charge >= 0.3 is 12.0 Å². The van der Waals surface area contributed by atoms with Gasteiger partial charge in [0.05, 0.1) is 0 Å². The maximum Gasteiger partial charge on any atom is 0.341 e. The fourth-order valence-corrected chi connectivity index (χ4v) is 2.67. The van der Waals surface area contributed by atoms with Gasteiger partial charge in [0, 0.05) is 5.69 Å². The number of carbonyl (C=O) groups excluding carboxylic acids is 3. The number of nitrogens with zero attached hydrogens (tertiary/aromatic N) is 1. The van der Waals surface area contributed by atoms with E-state index in [0.29, 0.717) is 17.0 Å². The molecule has 1 fully saturated rings. The average molecular weight is 409 g/mol. The first kappa shape index (κ1) is 20.6. The number of hydrogen-bond donors (Lipinski definition) is 3. The van der Waals surface area contributed by atoms with E-state index in [0.717, 1.165) is 10.5 Å². The van der Waals surface area contributed by atoms with Gasteiger partial charge in [0.15, 0.2) is 6.61 Å². The lowest BCUT2D eigenvalue weighted by Gasteiger charge is -2.12. The van der Waals surface area contributed by atoms with Crippen molar-refractivity contribution >= 4 is 35.6 Å². The van der Waals surface area contributed by atoms with E-state index in [1.54, 1.807) is 36.4 Å². The van der Waals surface area contributed by atoms with Crippen molar-refractivity contribution in [3.63, 3.8) is 0 Å². The van der Waals surface area contributed by atoms with Crippen molar-refractivity contribution in [2.24, 2.45) is 0 Å². The Morgan fingerprint density at radius 1 is 1.10 bits per heavy atom. The third kappa shape index (κ3) is 5.22. The van der Waals surface area contributed by atoms with Gasteiger partial charge in [-0.05, 0) is 42.8 Å². The maximum absolute atomic E-state index is 12.5. The van der Waals surface area contributed by atoms with E-state index >= 15 is 0 Å². The minimum Gasteiger partial charge on any atom is -0.482 e. The quantitative estimate of drug-likeness (QED) is 0.474. The molecule has 2 aromatic carbocycles. The van der Waals surface area contributed by atoms with Crippen LogP contribution in [0, 0.1) is 6.92 Å². The molecular formula is C21H19N3O6. The Morgan fingerprint density at radius 2 is 1.77 bits per heavy atom. The van der Waals surface area contributed by atoms with Crippen LogP contribution in [0.3, 0.4) is 0 Å². The maximum atomic E-state index is 12.5. The Bertz CT molecular complexity index is 1010. The Kier molecular flexibility index (Phi) is 6.11. The van der Waals surface area contributed by atoms with Crippen LogP contribution in [0.2, 0.25) is 0 Å². The largest absolute Gasteiger partial charge is 0.482 e. The Labute approximate surface area is 171 Å². The summed E-state index contributed by atoms with van der Waals surface area (Å²) in [6.45, 7) is 1.04. The fraction of sp³-hybridized carbons (Fsp3) is 0.143. The van der Waals surface area contributed by atoms with Crippen molar-refractivity contribution in [3.05, 3.63) is 65.4 Å². The number of benzene rings is 2. The molecule has 0 aromatic heterocycles. The molecule has 3 rings (SSSR count).